The number of benzene rings is 1. The van der Waals surface area contributed by atoms with Crippen LogP contribution in [0.25, 0.3) is 0 Å². The van der Waals surface area contributed by atoms with Crippen molar-refractivity contribution in [1.29, 1.82) is 0 Å². The highest BCUT2D eigenvalue weighted by atomic mass is 19.4. The summed E-state index contributed by atoms with van der Waals surface area (Å²) in [6.07, 6.45) is -0.736. The normalized spacial score (nSPS) is 18.6. The summed E-state index contributed by atoms with van der Waals surface area (Å²) in [5.41, 5.74) is 0.927. The molecule has 1 fully saturated rings. The number of hydrogen-bond donors (Lipinski definition) is 0. The van der Waals surface area contributed by atoms with E-state index in [1.165, 1.54) is 10.6 Å². The van der Waals surface area contributed by atoms with Crippen molar-refractivity contribution in [3.05, 3.63) is 41.7 Å². The number of nitrogens with zero attached hydrogens (tertiary/aromatic N) is 3. The molecule has 2 aromatic rings. The molecule has 0 saturated carbocycles. The molecule has 0 amide bonds. The lowest BCUT2D eigenvalue weighted by molar-refractivity contribution is -0.144. The highest BCUT2D eigenvalue weighted by molar-refractivity contribution is 5.57. The predicted molar refractivity (Wildman–Crippen MR) is 119 cm³/mol. The molecule has 1 aromatic heterocycles. The number of fused-ring (bicyclic) bond motifs is 2. The van der Waals surface area contributed by atoms with Gasteiger partial charge in [0.25, 0.3) is 0 Å². The lowest BCUT2D eigenvalue weighted by atomic mass is 9.81. The standard InChI is InChI=1S/C24H32F3N3O2/c1-4-5-16-32-19-7-6-18(17-20(19)31-3)29-12-10-23(11-13-29)21-8-9-22(24(25,26)27)30(21)15-14-28(23)2/h6-9,17H,4-5,10-16H2,1-3H3. The summed E-state index contributed by atoms with van der Waals surface area (Å²) in [7, 11) is 3.67. The Kier molecular flexibility index (Phi) is 6.34. The van der Waals surface area contributed by atoms with Gasteiger partial charge in [-0.25, -0.2) is 0 Å². The zero-order valence-corrected chi connectivity index (χ0v) is 19.0. The maximum atomic E-state index is 13.5. The first-order valence-corrected chi connectivity index (χ1v) is 11.3. The van der Waals surface area contributed by atoms with E-state index in [1.807, 2.05) is 25.2 Å². The molecule has 2 aliphatic heterocycles. The van der Waals surface area contributed by atoms with Gasteiger partial charge in [-0.1, -0.05) is 13.3 Å². The van der Waals surface area contributed by atoms with Gasteiger partial charge in [0.1, 0.15) is 5.69 Å². The smallest absolute Gasteiger partial charge is 0.431 e. The van der Waals surface area contributed by atoms with Gasteiger partial charge in [0.05, 0.1) is 19.3 Å². The number of ether oxygens (including phenoxy) is 2. The minimum atomic E-state index is -4.33. The topological polar surface area (TPSA) is 29.9 Å². The Balaban J connectivity index is 1.53. The Morgan fingerprint density at radius 3 is 2.41 bits per heavy atom. The van der Waals surface area contributed by atoms with Gasteiger partial charge in [-0.2, -0.15) is 13.2 Å². The van der Waals surface area contributed by atoms with Gasteiger partial charge >= 0.3 is 6.18 Å². The summed E-state index contributed by atoms with van der Waals surface area (Å²) in [6, 6.07) is 8.90. The van der Waals surface area contributed by atoms with E-state index in [4.69, 9.17) is 9.47 Å². The Hall–Kier alpha value is -2.35. The molecule has 0 N–H and O–H groups in total. The fourth-order valence-electron chi connectivity index (χ4n) is 5.09. The third kappa shape index (κ3) is 4.05. The zero-order chi connectivity index (χ0) is 22.9. The molecule has 4 rings (SSSR count). The number of anilines is 1. The Morgan fingerprint density at radius 2 is 1.75 bits per heavy atom. The molecule has 1 saturated heterocycles. The summed E-state index contributed by atoms with van der Waals surface area (Å²) in [5.74, 6) is 1.44. The largest absolute Gasteiger partial charge is 0.493 e. The summed E-state index contributed by atoms with van der Waals surface area (Å²) in [4.78, 5) is 4.52. The van der Waals surface area contributed by atoms with Crippen molar-refractivity contribution in [2.45, 2.75) is 50.9 Å². The molecule has 8 heteroatoms. The van der Waals surface area contributed by atoms with Crippen LogP contribution in [0, 0.1) is 0 Å². The SMILES string of the molecule is CCCCOc1ccc(N2CCC3(CC2)c2ccc(C(F)(F)F)n2CCN3C)cc1OC. The molecule has 3 heterocycles. The van der Waals surface area contributed by atoms with Gasteiger partial charge in [0.2, 0.25) is 0 Å². The van der Waals surface area contributed by atoms with Crippen molar-refractivity contribution in [2.75, 3.05) is 45.3 Å². The molecular weight excluding hydrogens is 419 g/mol. The first-order chi connectivity index (χ1) is 15.3. The zero-order valence-electron chi connectivity index (χ0n) is 19.0. The van der Waals surface area contributed by atoms with E-state index in [1.54, 1.807) is 13.2 Å². The highest BCUT2D eigenvalue weighted by Crippen LogP contribution is 2.45. The summed E-state index contributed by atoms with van der Waals surface area (Å²) in [6.45, 7) is 5.28. The molecule has 2 aliphatic rings. The van der Waals surface area contributed by atoms with Crippen LogP contribution >= 0.6 is 0 Å². The fourth-order valence-corrected chi connectivity index (χ4v) is 5.09. The Morgan fingerprint density at radius 1 is 1.00 bits per heavy atom. The van der Waals surface area contributed by atoms with Crippen LogP contribution in [0.2, 0.25) is 0 Å². The van der Waals surface area contributed by atoms with Gasteiger partial charge in [-0.3, -0.25) is 4.90 Å². The molecule has 0 aliphatic carbocycles. The van der Waals surface area contributed by atoms with E-state index in [-0.39, 0.29) is 5.54 Å². The first kappa shape index (κ1) is 22.8. The number of unbranched alkanes of at least 4 members (excludes halogenated alkanes) is 1. The maximum Gasteiger partial charge on any atom is 0.431 e. The number of halogens is 3. The third-order valence-corrected chi connectivity index (χ3v) is 7.00. The van der Waals surface area contributed by atoms with Crippen LogP contribution in [-0.4, -0.2) is 49.9 Å². The van der Waals surface area contributed by atoms with Crippen LogP contribution < -0.4 is 14.4 Å². The number of methoxy groups -OCH3 is 1. The Labute approximate surface area is 187 Å². The van der Waals surface area contributed by atoms with Crippen LogP contribution in [0.4, 0.5) is 18.9 Å². The maximum absolute atomic E-state index is 13.5. The summed E-state index contributed by atoms with van der Waals surface area (Å²) < 4.78 is 53.3. The van der Waals surface area contributed by atoms with Crippen molar-refractivity contribution in [3.8, 4) is 11.5 Å². The molecule has 0 unspecified atom stereocenters. The van der Waals surface area contributed by atoms with Crippen LogP contribution in [0.5, 0.6) is 11.5 Å². The summed E-state index contributed by atoms with van der Waals surface area (Å²) >= 11 is 0. The van der Waals surface area contributed by atoms with E-state index < -0.39 is 11.9 Å². The second-order valence-electron chi connectivity index (χ2n) is 8.73. The number of alkyl halides is 3. The van der Waals surface area contributed by atoms with Crippen LogP contribution in [0.3, 0.4) is 0 Å². The minimum absolute atomic E-state index is 0.370. The first-order valence-electron chi connectivity index (χ1n) is 11.3. The van der Waals surface area contributed by atoms with Crippen molar-refractivity contribution in [2.24, 2.45) is 0 Å². The number of piperidine rings is 1. The molecule has 0 bridgehead atoms. The molecule has 5 nitrogen and oxygen atoms in total. The van der Waals surface area contributed by atoms with Gasteiger partial charge in [0.15, 0.2) is 11.5 Å². The van der Waals surface area contributed by atoms with Crippen LogP contribution in [0.1, 0.15) is 44.0 Å². The lowest BCUT2D eigenvalue weighted by Crippen LogP contribution is -2.56. The molecule has 1 aromatic carbocycles. The third-order valence-electron chi connectivity index (χ3n) is 7.00. The average Bonchev–Trinajstić information content (AvgIpc) is 3.23. The molecule has 0 radical (unpaired) electrons. The van der Waals surface area contributed by atoms with Crippen LogP contribution in [0.15, 0.2) is 30.3 Å². The molecule has 0 atom stereocenters. The van der Waals surface area contributed by atoms with Gasteiger partial charge in [-0.15, -0.1) is 0 Å². The second kappa shape index (κ2) is 8.89. The number of likely N-dealkylation sites (N-methyl/N-ethyl adjacent to an activating group) is 1. The minimum Gasteiger partial charge on any atom is -0.493 e. The van der Waals surface area contributed by atoms with Gasteiger partial charge < -0.3 is 18.9 Å². The summed E-state index contributed by atoms with van der Waals surface area (Å²) in [5, 5.41) is 0. The predicted octanol–water partition coefficient (Wildman–Crippen LogP) is 5.14. The van der Waals surface area contributed by atoms with Gasteiger partial charge in [0, 0.05) is 43.6 Å². The van der Waals surface area contributed by atoms with E-state index >= 15 is 0 Å². The van der Waals surface area contributed by atoms with E-state index in [9.17, 15) is 13.2 Å². The van der Waals surface area contributed by atoms with Crippen molar-refractivity contribution < 1.29 is 22.6 Å². The van der Waals surface area contributed by atoms with E-state index in [2.05, 4.69) is 16.7 Å². The number of rotatable bonds is 6. The van der Waals surface area contributed by atoms with Gasteiger partial charge in [-0.05, 0) is 50.6 Å². The van der Waals surface area contributed by atoms with E-state index in [0.717, 1.165) is 55.9 Å². The monoisotopic (exact) mass is 451 g/mol. The molecule has 1 spiro atoms. The van der Waals surface area contributed by atoms with E-state index in [0.29, 0.717) is 25.4 Å². The second-order valence-corrected chi connectivity index (χ2v) is 8.73. The van der Waals surface area contributed by atoms with Crippen LogP contribution in [-0.2, 0) is 18.3 Å². The fraction of sp³-hybridized carbons (Fsp3) is 0.583. The number of hydrogen-bond acceptors (Lipinski definition) is 4. The molecule has 176 valence electrons. The average molecular weight is 452 g/mol. The van der Waals surface area contributed by atoms with Crippen molar-refractivity contribution >= 4 is 5.69 Å². The van der Waals surface area contributed by atoms with Crippen molar-refractivity contribution in [1.82, 2.24) is 9.47 Å². The highest BCUT2D eigenvalue weighted by Gasteiger charge is 2.47. The Bertz CT molecular complexity index is 933. The lowest BCUT2D eigenvalue weighted by Gasteiger charge is -2.51. The number of aromatic nitrogens is 1. The van der Waals surface area contributed by atoms with Crippen molar-refractivity contribution in [3.63, 3.8) is 0 Å². The quantitative estimate of drug-likeness (QED) is 0.569. The molecule has 32 heavy (non-hydrogen) atoms. The molecular formula is C24H32F3N3O2.